The highest BCUT2D eigenvalue weighted by atomic mass is 13.9. The second-order valence-corrected chi connectivity index (χ2v) is 5.67. The Balaban J connectivity index is -0.000000298. The molecule has 0 radical (unpaired) electrons. The van der Waals surface area contributed by atoms with E-state index in [0.29, 0.717) is 0 Å². The number of allylic oxidation sites excluding steroid dienone is 11. The normalized spacial score (nSPS) is 11.2. The van der Waals surface area contributed by atoms with Crippen LogP contribution in [-0.2, 0) is 0 Å². The summed E-state index contributed by atoms with van der Waals surface area (Å²) in [6.07, 6.45) is 21.1. The molecule has 0 aliphatic heterocycles. The van der Waals surface area contributed by atoms with Gasteiger partial charge in [0, 0.05) is 0 Å². The predicted molar refractivity (Wildman–Crippen MR) is 116 cm³/mol. The van der Waals surface area contributed by atoms with E-state index in [0.717, 1.165) is 24.3 Å². The van der Waals surface area contributed by atoms with Gasteiger partial charge in [-0.05, 0) is 38.2 Å². The monoisotopic (exact) mass is 328 g/mol. The molecule has 0 heteroatoms. The van der Waals surface area contributed by atoms with Crippen LogP contribution in [0.1, 0.15) is 60.8 Å². The molecule has 0 saturated heterocycles. The van der Waals surface area contributed by atoms with Gasteiger partial charge in [-0.1, -0.05) is 108 Å². The molecule has 0 atom stereocenters. The summed E-state index contributed by atoms with van der Waals surface area (Å²) < 4.78 is 0. The Morgan fingerprint density at radius 2 is 1.54 bits per heavy atom. The van der Waals surface area contributed by atoms with Crippen molar-refractivity contribution in [3.05, 3.63) is 85.6 Å². The van der Waals surface area contributed by atoms with Crippen molar-refractivity contribution in [1.29, 1.82) is 0 Å². The minimum absolute atomic E-state index is 0.884. The van der Waals surface area contributed by atoms with Crippen molar-refractivity contribution >= 4 is 0 Å². The fourth-order valence-electron chi connectivity index (χ4n) is 1.19. The van der Waals surface area contributed by atoms with Gasteiger partial charge in [0.25, 0.3) is 0 Å². The summed E-state index contributed by atoms with van der Waals surface area (Å²) in [5.41, 5.74) is 2.44. The third-order valence-corrected chi connectivity index (χ3v) is 2.98. The molecule has 0 bridgehead atoms. The lowest BCUT2D eigenvalue weighted by atomic mass is 10.2. The summed E-state index contributed by atoms with van der Waals surface area (Å²) in [5.74, 6) is 0.884. The highest BCUT2D eigenvalue weighted by Gasteiger charge is 1.82. The SMILES string of the molecule is C=CCC(=C)/C=C\C.C=C\C=C/C(=C\C=C/C)CC.CCC(C)C. The molecule has 0 fully saturated rings. The van der Waals surface area contributed by atoms with Crippen LogP contribution in [0.5, 0.6) is 0 Å². The molecule has 0 unspecified atom stereocenters. The molecule has 0 aromatic heterocycles. The van der Waals surface area contributed by atoms with Crippen molar-refractivity contribution in [1.82, 2.24) is 0 Å². The maximum Gasteiger partial charge on any atom is -0.0106 e. The Labute approximate surface area is 152 Å². The molecule has 24 heavy (non-hydrogen) atoms. The van der Waals surface area contributed by atoms with Gasteiger partial charge in [0.15, 0.2) is 0 Å². The van der Waals surface area contributed by atoms with Gasteiger partial charge in [-0.15, -0.1) is 6.58 Å². The maximum atomic E-state index is 3.78. The predicted octanol–water partition coefficient (Wildman–Crippen LogP) is 8.39. The van der Waals surface area contributed by atoms with Crippen LogP contribution < -0.4 is 0 Å². The van der Waals surface area contributed by atoms with Crippen LogP contribution in [0.25, 0.3) is 0 Å². The Hall–Kier alpha value is -1.82. The molecule has 0 heterocycles. The molecule has 136 valence electrons. The molecular weight excluding hydrogens is 288 g/mol. The Morgan fingerprint density at radius 1 is 0.958 bits per heavy atom. The molecule has 0 N–H and O–H groups in total. The van der Waals surface area contributed by atoms with E-state index < -0.39 is 0 Å². The first-order chi connectivity index (χ1) is 11.4. The van der Waals surface area contributed by atoms with Crippen molar-refractivity contribution in [2.45, 2.75) is 60.8 Å². The molecule has 0 aromatic carbocycles. The van der Waals surface area contributed by atoms with Crippen molar-refractivity contribution < 1.29 is 0 Å². The minimum atomic E-state index is 0.884. The van der Waals surface area contributed by atoms with Gasteiger partial charge in [0.2, 0.25) is 0 Å². The quantitative estimate of drug-likeness (QED) is 0.310. The molecule has 0 saturated carbocycles. The first kappa shape index (κ1) is 27.0. The van der Waals surface area contributed by atoms with Crippen LogP contribution in [0.2, 0.25) is 0 Å². The van der Waals surface area contributed by atoms with Crippen LogP contribution in [-0.4, -0.2) is 0 Å². The van der Waals surface area contributed by atoms with Crippen LogP contribution in [0.3, 0.4) is 0 Å². The summed E-state index contributed by atoms with van der Waals surface area (Å²) in [6, 6.07) is 0. The third-order valence-electron chi connectivity index (χ3n) is 2.98. The molecule has 0 aliphatic rings. The van der Waals surface area contributed by atoms with Crippen LogP contribution in [0.4, 0.5) is 0 Å². The summed E-state index contributed by atoms with van der Waals surface area (Å²) in [7, 11) is 0. The van der Waals surface area contributed by atoms with E-state index in [1.807, 2.05) is 50.3 Å². The van der Waals surface area contributed by atoms with Gasteiger partial charge < -0.3 is 0 Å². The van der Waals surface area contributed by atoms with Gasteiger partial charge >= 0.3 is 0 Å². The topological polar surface area (TPSA) is 0 Å². The van der Waals surface area contributed by atoms with Crippen molar-refractivity contribution in [2.24, 2.45) is 5.92 Å². The largest absolute Gasteiger partial charge is 0.103 e. The number of rotatable bonds is 8. The van der Waals surface area contributed by atoms with E-state index in [2.05, 4.69) is 59.6 Å². The fraction of sp³-hybridized carbons (Fsp3) is 0.417. The molecule has 0 rings (SSSR count). The summed E-state index contributed by atoms with van der Waals surface area (Å²) in [6.45, 7) is 23.8. The third kappa shape index (κ3) is 28.4. The van der Waals surface area contributed by atoms with Crippen LogP contribution in [0, 0.1) is 5.92 Å². The Morgan fingerprint density at radius 3 is 1.88 bits per heavy atom. The lowest BCUT2D eigenvalue weighted by Gasteiger charge is -1.91. The van der Waals surface area contributed by atoms with Gasteiger partial charge in [0.05, 0.1) is 0 Å². The minimum Gasteiger partial charge on any atom is -0.103 e. The standard InChI is InChI=1S/C11H16.C8H12.C5H12/c1-4-7-9-11(6-3)10-8-5-2;1-4-6-8(3)7-5-2;1-4-5(2)3/h4-5,7-10H,1,6H2,2-3H3;4-5,7H,1,3,6H2,2H3;5H,4H2,1-3H3/b8-5-,9-7-,11-10-;7-5-;. The fourth-order valence-corrected chi connectivity index (χ4v) is 1.19. The van der Waals surface area contributed by atoms with Crippen LogP contribution >= 0.6 is 0 Å². The summed E-state index contributed by atoms with van der Waals surface area (Å²) >= 11 is 0. The first-order valence-electron chi connectivity index (χ1n) is 8.95. The smallest absolute Gasteiger partial charge is 0.0106 e. The van der Waals surface area contributed by atoms with E-state index >= 15 is 0 Å². The Bertz CT molecular complexity index is 411. The van der Waals surface area contributed by atoms with Crippen molar-refractivity contribution in [3.8, 4) is 0 Å². The van der Waals surface area contributed by atoms with E-state index in [-0.39, 0.29) is 0 Å². The average molecular weight is 329 g/mol. The zero-order valence-electron chi connectivity index (χ0n) is 17.0. The zero-order valence-corrected chi connectivity index (χ0v) is 17.0. The molecule has 0 amide bonds. The molecule has 0 aromatic rings. The highest BCUT2D eigenvalue weighted by molar-refractivity contribution is 5.25. The maximum absolute atomic E-state index is 3.78. The lowest BCUT2D eigenvalue weighted by Crippen LogP contribution is -1.77. The Kier molecular flexibility index (Phi) is 26.4. The lowest BCUT2D eigenvalue weighted by molar-refractivity contribution is 0.626. The molecular formula is C24H40. The van der Waals surface area contributed by atoms with Gasteiger partial charge in [0.1, 0.15) is 0 Å². The van der Waals surface area contributed by atoms with Gasteiger partial charge in [-0.25, -0.2) is 0 Å². The van der Waals surface area contributed by atoms with E-state index in [1.54, 1.807) is 6.08 Å². The number of hydrogen-bond acceptors (Lipinski definition) is 0. The van der Waals surface area contributed by atoms with Crippen molar-refractivity contribution in [2.75, 3.05) is 0 Å². The van der Waals surface area contributed by atoms with Crippen LogP contribution in [0.15, 0.2) is 85.6 Å². The first-order valence-corrected chi connectivity index (χ1v) is 8.95. The molecule has 0 nitrogen and oxygen atoms in total. The van der Waals surface area contributed by atoms with E-state index in [9.17, 15) is 0 Å². The average Bonchev–Trinajstić information content (AvgIpc) is 2.56. The second kappa shape index (κ2) is 23.4. The second-order valence-electron chi connectivity index (χ2n) is 5.67. The highest BCUT2D eigenvalue weighted by Crippen LogP contribution is 2.02. The molecule has 0 aliphatic carbocycles. The zero-order chi connectivity index (χ0) is 19.2. The van der Waals surface area contributed by atoms with Crippen molar-refractivity contribution in [3.63, 3.8) is 0 Å². The summed E-state index contributed by atoms with van der Waals surface area (Å²) in [4.78, 5) is 0. The number of hydrogen-bond donors (Lipinski definition) is 0. The van der Waals surface area contributed by atoms with Gasteiger partial charge in [-0.3, -0.25) is 0 Å². The van der Waals surface area contributed by atoms with E-state index in [4.69, 9.17) is 0 Å². The van der Waals surface area contributed by atoms with E-state index in [1.165, 1.54) is 12.0 Å². The summed E-state index contributed by atoms with van der Waals surface area (Å²) in [5, 5.41) is 0. The van der Waals surface area contributed by atoms with Gasteiger partial charge in [-0.2, -0.15) is 0 Å². The molecule has 0 spiro atoms.